The molecule has 6 nitrogen and oxygen atoms in total. The van der Waals surface area contributed by atoms with Crippen LogP contribution in [0, 0.1) is 11.8 Å². The molecule has 2 aliphatic rings. The van der Waals surface area contributed by atoms with Crippen LogP contribution in [0.25, 0.3) is 0 Å². The molecule has 1 aromatic carbocycles. The number of nitrogens with zero attached hydrogens (tertiary/aromatic N) is 3. The van der Waals surface area contributed by atoms with E-state index in [1.807, 2.05) is 6.07 Å². The molecule has 8 heteroatoms. The first-order valence-corrected chi connectivity index (χ1v) is 13.2. The van der Waals surface area contributed by atoms with Crippen LogP contribution in [0.4, 0.5) is 0 Å². The Morgan fingerprint density at radius 2 is 1.97 bits per heavy atom. The minimum Gasteiger partial charge on any atom is -0.497 e. The van der Waals surface area contributed by atoms with Crippen molar-refractivity contribution in [3.05, 3.63) is 28.2 Å². The van der Waals surface area contributed by atoms with Crippen molar-refractivity contribution >= 4 is 26.1 Å². The number of methoxy groups -OCH3 is 1. The summed E-state index contributed by atoms with van der Waals surface area (Å²) in [5.74, 6) is 2.09. The van der Waals surface area contributed by atoms with Crippen molar-refractivity contribution in [2.75, 3.05) is 53.9 Å². The molecule has 2 fully saturated rings. The molecule has 2 aliphatic heterocycles. The predicted octanol–water partition coefficient (Wildman–Crippen LogP) is 3.62. The monoisotopic (exact) mass is 501 g/mol. The largest absolute Gasteiger partial charge is 0.497 e. The highest BCUT2D eigenvalue weighted by atomic mass is 79.9. The number of ether oxygens (including phenoxy) is 1. The third-order valence-electron chi connectivity index (χ3n) is 6.49. The fourth-order valence-electron chi connectivity index (χ4n) is 4.73. The Kier molecular flexibility index (Phi) is 8.61. The maximum atomic E-state index is 12.4. The van der Waals surface area contributed by atoms with Gasteiger partial charge in [-0.1, -0.05) is 15.9 Å². The van der Waals surface area contributed by atoms with Crippen LogP contribution < -0.4 is 4.74 Å². The van der Waals surface area contributed by atoms with Crippen LogP contribution in [0.15, 0.2) is 22.7 Å². The average Bonchev–Trinajstić information content (AvgIpc) is 3.17. The minimum atomic E-state index is -3.28. The fourth-order valence-corrected chi connectivity index (χ4v) is 6.36. The van der Waals surface area contributed by atoms with Crippen LogP contribution in [0.2, 0.25) is 0 Å². The second kappa shape index (κ2) is 10.8. The van der Waals surface area contributed by atoms with Crippen molar-refractivity contribution in [1.82, 2.24) is 13.5 Å². The van der Waals surface area contributed by atoms with Gasteiger partial charge in [0, 0.05) is 38.2 Å². The molecule has 2 atom stereocenters. The van der Waals surface area contributed by atoms with Gasteiger partial charge in [0.05, 0.1) is 7.11 Å². The Labute approximate surface area is 190 Å². The number of rotatable bonds is 9. The first-order chi connectivity index (χ1) is 14.3. The van der Waals surface area contributed by atoms with Gasteiger partial charge in [-0.05, 0) is 87.2 Å². The highest BCUT2D eigenvalue weighted by Gasteiger charge is 2.30. The van der Waals surface area contributed by atoms with E-state index in [0.29, 0.717) is 24.9 Å². The second-order valence-corrected chi connectivity index (χ2v) is 11.9. The zero-order valence-electron chi connectivity index (χ0n) is 18.5. The first kappa shape index (κ1) is 24.0. The Balaban J connectivity index is 1.41. The van der Waals surface area contributed by atoms with Crippen LogP contribution >= 0.6 is 15.9 Å². The predicted molar refractivity (Wildman–Crippen MR) is 125 cm³/mol. The molecule has 2 heterocycles. The lowest BCUT2D eigenvalue weighted by molar-refractivity contribution is 0.231. The van der Waals surface area contributed by atoms with Crippen molar-refractivity contribution in [2.45, 2.75) is 38.5 Å². The van der Waals surface area contributed by atoms with Gasteiger partial charge in [0.2, 0.25) is 0 Å². The number of hydrogen-bond donors (Lipinski definition) is 0. The number of benzene rings is 1. The third kappa shape index (κ3) is 6.19. The molecule has 0 N–H and O–H groups in total. The van der Waals surface area contributed by atoms with Crippen molar-refractivity contribution in [3.8, 4) is 5.75 Å². The molecule has 0 bridgehead atoms. The second-order valence-electron chi connectivity index (χ2n) is 8.92. The summed E-state index contributed by atoms with van der Waals surface area (Å²) in [6, 6.07) is 6.21. The van der Waals surface area contributed by atoms with Gasteiger partial charge in [-0.2, -0.15) is 17.0 Å². The highest BCUT2D eigenvalue weighted by molar-refractivity contribution is 9.10. The standard InChI is InChI=1S/C22H36BrN3O3S/c1-24(2)30(27,28)26-12-5-7-18(17-26)6-4-11-25-13-10-19(16-25)14-20-15-21(29-3)8-9-22(20)23/h8-9,15,18-19H,4-7,10-14,16-17H2,1-3H3. The van der Waals surface area contributed by atoms with Gasteiger partial charge in [-0.3, -0.25) is 0 Å². The van der Waals surface area contributed by atoms with Crippen LogP contribution in [0.5, 0.6) is 5.75 Å². The summed E-state index contributed by atoms with van der Waals surface area (Å²) < 4.78 is 34.3. The lowest BCUT2D eigenvalue weighted by Crippen LogP contribution is -2.45. The number of hydrogen-bond acceptors (Lipinski definition) is 4. The van der Waals surface area contributed by atoms with E-state index in [0.717, 1.165) is 62.0 Å². The van der Waals surface area contributed by atoms with E-state index in [-0.39, 0.29) is 0 Å². The molecule has 170 valence electrons. The van der Waals surface area contributed by atoms with E-state index in [1.54, 1.807) is 25.5 Å². The van der Waals surface area contributed by atoms with E-state index >= 15 is 0 Å². The zero-order chi connectivity index (χ0) is 21.7. The quantitative estimate of drug-likeness (QED) is 0.518. The van der Waals surface area contributed by atoms with E-state index in [4.69, 9.17) is 4.74 Å². The van der Waals surface area contributed by atoms with Crippen LogP contribution in [-0.4, -0.2) is 75.9 Å². The SMILES string of the molecule is COc1ccc(Br)c(CC2CCN(CCCC3CCCN(S(=O)(=O)N(C)C)C3)C2)c1. The van der Waals surface area contributed by atoms with Crippen molar-refractivity contribution in [2.24, 2.45) is 11.8 Å². The summed E-state index contributed by atoms with van der Waals surface area (Å²) in [7, 11) is 1.67. The molecule has 1 aromatic rings. The number of likely N-dealkylation sites (tertiary alicyclic amines) is 1. The Morgan fingerprint density at radius 3 is 2.70 bits per heavy atom. The van der Waals surface area contributed by atoms with E-state index < -0.39 is 10.2 Å². The van der Waals surface area contributed by atoms with Gasteiger partial charge in [-0.25, -0.2) is 0 Å². The summed E-state index contributed by atoms with van der Waals surface area (Å²) in [4.78, 5) is 2.58. The summed E-state index contributed by atoms with van der Waals surface area (Å²) in [5, 5.41) is 0. The van der Waals surface area contributed by atoms with Crippen molar-refractivity contribution in [1.29, 1.82) is 0 Å². The van der Waals surface area contributed by atoms with E-state index in [2.05, 4.69) is 33.0 Å². The van der Waals surface area contributed by atoms with E-state index in [1.165, 1.54) is 16.3 Å². The van der Waals surface area contributed by atoms with Crippen LogP contribution in [0.3, 0.4) is 0 Å². The fraction of sp³-hybridized carbons (Fsp3) is 0.727. The minimum absolute atomic E-state index is 0.486. The van der Waals surface area contributed by atoms with Gasteiger partial charge < -0.3 is 9.64 Å². The maximum Gasteiger partial charge on any atom is 0.281 e. The maximum absolute atomic E-state index is 12.4. The lowest BCUT2D eigenvalue weighted by Gasteiger charge is -2.33. The molecular weight excluding hydrogens is 466 g/mol. The Hall–Kier alpha value is -0.670. The number of piperidine rings is 1. The molecule has 3 rings (SSSR count). The molecule has 0 amide bonds. The smallest absolute Gasteiger partial charge is 0.281 e. The van der Waals surface area contributed by atoms with Crippen molar-refractivity contribution in [3.63, 3.8) is 0 Å². The molecule has 0 aliphatic carbocycles. The molecule has 2 saturated heterocycles. The molecule has 0 spiro atoms. The molecule has 0 radical (unpaired) electrons. The van der Waals surface area contributed by atoms with E-state index in [9.17, 15) is 8.42 Å². The first-order valence-electron chi connectivity index (χ1n) is 11.0. The summed E-state index contributed by atoms with van der Waals surface area (Å²) in [6.07, 6.45) is 6.69. The molecule has 30 heavy (non-hydrogen) atoms. The summed E-state index contributed by atoms with van der Waals surface area (Å²) >= 11 is 3.68. The molecule has 0 aromatic heterocycles. The Morgan fingerprint density at radius 1 is 1.17 bits per heavy atom. The summed E-state index contributed by atoms with van der Waals surface area (Å²) in [6.45, 7) is 4.76. The highest BCUT2D eigenvalue weighted by Crippen LogP contribution is 2.29. The Bertz CT molecular complexity index is 803. The van der Waals surface area contributed by atoms with Crippen molar-refractivity contribution < 1.29 is 13.2 Å². The lowest BCUT2D eigenvalue weighted by atomic mass is 9.94. The topological polar surface area (TPSA) is 53.1 Å². The average molecular weight is 503 g/mol. The third-order valence-corrected chi connectivity index (χ3v) is 9.17. The van der Waals surface area contributed by atoms with Gasteiger partial charge in [0.1, 0.15) is 5.75 Å². The van der Waals surface area contributed by atoms with Crippen LogP contribution in [-0.2, 0) is 16.6 Å². The molecular formula is C22H36BrN3O3S. The summed E-state index contributed by atoms with van der Waals surface area (Å²) in [5.41, 5.74) is 1.32. The molecule has 2 unspecified atom stereocenters. The van der Waals surface area contributed by atoms with Gasteiger partial charge >= 0.3 is 0 Å². The van der Waals surface area contributed by atoms with Gasteiger partial charge in [-0.15, -0.1) is 0 Å². The normalized spacial score (nSPS) is 23.9. The van der Waals surface area contributed by atoms with Gasteiger partial charge in [0.25, 0.3) is 10.2 Å². The zero-order valence-corrected chi connectivity index (χ0v) is 20.9. The number of halogens is 1. The molecule has 0 saturated carbocycles. The van der Waals surface area contributed by atoms with Gasteiger partial charge in [0.15, 0.2) is 0 Å². The van der Waals surface area contributed by atoms with Crippen LogP contribution in [0.1, 0.15) is 37.7 Å².